The highest BCUT2D eigenvalue weighted by molar-refractivity contribution is 5.02. The Bertz CT molecular complexity index is 273. The second kappa shape index (κ2) is 6.58. The minimum Gasteiger partial charge on any atom is -0.360 e. The normalized spacial score (nSPS) is 13.0. The van der Waals surface area contributed by atoms with Gasteiger partial charge < -0.3 is 15.2 Å². The van der Waals surface area contributed by atoms with Gasteiger partial charge in [-0.05, 0) is 26.8 Å². The van der Waals surface area contributed by atoms with Gasteiger partial charge in [-0.15, -0.1) is 0 Å². The molecule has 1 atom stereocenters. The van der Waals surface area contributed by atoms with E-state index >= 15 is 0 Å². The van der Waals surface area contributed by atoms with Crippen LogP contribution in [0.25, 0.3) is 0 Å². The molecule has 0 aliphatic heterocycles. The molecule has 4 nitrogen and oxygen atoms in total. The first kappa shape index (κ1) is 12.2. The summed E-state index contributed by atoms with van der Waals surface area (Å²) in [4.78, 5) is 0. The Balaban J connectivity index is 2.13. The summed E-state index contributed by atoms with van der Waals surface area (Å²) in [6, 6.07) is 2.40. The van der Waals surface area contributed by atoms with Crippen LogP contribution in [0.3, 0.4) is 0 Å². The Morgan fingerprint density at radius 1 is 1.53 bits per heavy atom. The fourth-order valence-corrected chi connectivity index (χ4v) is 1.34. The lowest BCUT2D eigenvalue weighted by atomic mass is 10.3. The molecule has 0 radical (unpaired) electrons. The molecule has 1 aromatic heterocycles. The Hall–Kier alpha value is -0.870. The SMILES string of the molecule is CCCNCC(C)NCc1cc(C)no1. The molecule has 0 aliphatic carbocycles. The lowest BCUT2D eigenvalue weighted by molar-refractivity contribution is 0.360. The molecule has 0 aromatic carbocycles. The summed E-state index contributed by atoms with van der Waals surface area (Å²) in [6.45, 7) is 9.07. The number of hydrogen-bond acceptors (Lipinski definition) is 4. The topological polar surface area (TPSA) is 50.1 Å². The second-order valence-electron chi connectivity index (χ2n) is 3.92. The smallest absolute Gasteiger partial charge is 0.150 e. The molecular formula is C11H21N3O. The first-order valence-electron chi connectivity index (χ1n) is 5.58. The molecule has 2 N–H and O–H groups in total. The van der Waals surface area contributed by atoms with Crippen molar-refractivity contribution in [2.45, 2.75) is 39.8 Å². The van der Waals surface area contributed by atoms with Crippen molar-refractivity contribution in [1.29, 1.82) is 0 Å². The average molecular weight is 211 g/mol. The lowest BCUT2D eigenvalue weighted by Crippen LogP contribution is -2.36. The molecule has 0 saturated carbocycles. The van der Waals surface area contributed by atoms with Gasteiger partial charge in [0.1, 0.15) is 0 Å². The van der Waals surface area contributed by atoms with E-state index in [2.05, 4.69) is 29.6 Å². The molecule has 0 spiro atoms. The summed E-state index contributed by atoms with van der Waals surface area (Å²) in [5.74, 6) is 0.898. The van der Waals surface area contributed by atoms with E-state index in [4.69, 9.17) is 4.52 Å². The Morgan fingerprint density at radius 2 is 2.33 bits per heavy atom. The van der Waals surface area contributed by atoms with E-state index < -0.39 is 0 Å². The van der Waals surface area contributed by atoms with Crippen LogP contribution in [-0.4, -0.2) is 24.3 Å². The van der Waals surface area contributed by atoms with Crippen LogP contribution in [0.2, 0.25) is 0 Å². The van der Waals surface area contributed by atoms with Gasteiger partial charge in [0.15, 0.2) is 5.76 Å². The third kappa shape index (κ3) is 4.95. The van der Waals surface area contributed by atoms with Crippen LogP contribution in [0, 0.1) is 6.92 Å². The number of aryl methyl sites for hydroxylation is 1. The maximum Gasteiger partial charge on any atom is 0.150 e. The zero-order valence-electron chi connectivity index (χ0n) is 9.84. The number of aromatic nitrogens is 1. The summed E-state index contributed by atoms with van der Waals surface area (Å²) in [5, 5.41) is 10.6. The number of hydrogen-bond donors (Lipinski definition) is 2. The Labute approximate surface area is 91.4 Å². The predicted molar refractivity (Wildman–Crippen MR) is 60.7 cm³/mol. The van der Waals surface area contributed by atoms with E-state index in [-0.39, 0.29) is 0 Å². The standard InChI is InChI=1S/C11H21N3O/c1-4-5-12-7-10(3)13-8-11-6-9(2)14-15-11/h6,10,12-13H,4-5,7-8H2,1-3H3. The fourth-order valence-electron chi connectivity index (χ4n) is 1.34. The number of nitrogens with one attached hydrogen (secondary N) is 2. The maximum absolute atomic E-state index is 5.11. The minimum atomic E-state index is 0.446. The number of nitrogens with zero attached hydrogens (tertiary/aromatic N) is 1. The second-order valence-corrected chi connectivity index (χ2v) is 3.92. The van der Waals surface area contributed by atoms with Gasteiger partial charge in [-0.2, -0.15) is 0 Å². The molecular weight excluding hydrogens is 190 g/mol. The van der Waals surface area contributed by atoms with Crippen LogP contribution in [0.1, 0.15) is 31.7 Å². The van der Waals surface area contributed by atoms with Crippen molar-refractivity contribution >= 4 is 0 Å². The van der Waals surface area contributed by atoms with Crippen molar-refractivity contribution in [2.24, 2.45) is 0 Å². The van der Waals surface area contributed by atoms with Crippen LogP contribution < -0.4 is 10.6 Å². The third-order valence-electron chi connectivity index (χ3n) is 2.18. The molecule has 1 heterocycles. The van der Waals surface area contributed by atoms with E-state index in [0.717, 1.165) is 31.1 Å². The first-order valence-corrected chi connectivity index (χ1v) is 5.58. The summed E-state index contributed by atoms with van der Waals surface area (Å²) in [7, 11) is 0. The molecule has 0 bridgehead atoms. The molecule has 1 rings (SSSR count). The minimum absolute atomic E-state index is 0.446. The van der Waals surface area contributed by atoms with Crippen molar-refractivity contribution < 1.29 is 4.52 Å². The Kier molecular flexibility index (Phi) is 5.36. The number of rotatable bonds is 7. The van der Waals surface area contributed by atoms with Crippen molar-refractivity contribution in [3.05, 3.63) is 17.5 Å². The van der Waals surface area contributed by atoms with Gasteiger partial charge >= 0.3 is 0 Å². The lowest BCUT2D eigenvalue weighted by Gasteiger charge is -2.12. The molecule has 1 aromatic rings. The largest absolute Gasteiger partial charge is 0.360 e. The van der Waals surface area contributed by atoms with Gasteiger partial charge in [0.05, 0.1) is 12.2 Å². The van der Waals surface area contributed by atoms with E-state index in [1.54, 1.807) is 0 Å². The van der Waals surface area contributed by atoms with Gasteiger partial charge in [-0.3, -0.25) is 0 Å². The molecule has 0 fully saturated rings. The fraction of sp³-hybridized carbons (Fsp3) is 0.727. The van der Waals surface area contributed by atoms with Crippen LogP contribution in [0.5, 0.6) is 0 Å². The Morgan fingerprint density at radius 3 is 2.93 bits per heavy atom. The van der Waals surface area contributed by atoms with Gasteiger partial charge in [0.25, 0.3) is 0 Å². The predicted octanol–water partition coefficient (Wildman–Crippen LogP) is 1.46. The zero-order valence-corrected chi connectivity index (χ0v) is 9.84. The molecule has 0 saturated heterocycles. The van der Waals surface area contributed by atoms with E-state index in [1.807, 2.05) is 13.0 Å². The van der Waals surface area contributed by atoms with Gasteiger partial charge in [-0.1, -0.05) is 12.1 Å². The van der Waals surface area contributed by atoms with Gasteiger partial charge in [-0.25, -0.2) is 0 Å². The van der Waals surface area contributed by atoms with E-state index in [9.17, 15) is 0 Å². The third-order valence-corrected chi connectivity index (χ3v) is 2.18. The highest BCUT2D eigenvalue weighted by atomic mass is 16.5. The van der Waals surface area contributed by atoms with Crippen molar-refractivity contribution in [1.82, 2.24) is 15.8 Å². The van der Waals surface area contributed by atoms with E-state index in [1.165, 1.54) is 6.42 Å². The van der Waals surface area contributed by atoms with Crippen LogP contribution in [0.4, 0.5) is 0 Å². The van der Waals surface area contributed by atoms with Crippen LogP contribution in [0.15, 0.2) is 10.6 Å². The summed E-state index contributed by atoms with van der Waals surface area (Å²) in [6.07, 6.45) is 1.17. The highest BCUT2D eigenvalue weighted by Gasteiger charge is 2.03. The van der Waals surface area contributed by atoms with Crippen LogP contribution >= 0.6 is 0 Å². The van der Waals surface area contributed by atoms with Gasteiger partial charge in [0.2, 0.25) is 0 Å². The van der Waals surface area contributed by atoms with Gasteiger partial charge in [0, 0.05) is 18.7 Å². The summed E-state index contributed by atoms with van der Waals surface area (Å²) >= 11 is 0. The van der Waals surface area contributed by atoms with Crippen molar-refractivity contribution in [3.63, 3.8) is 0 Å². The maximum atomic E-state index is 5.11. The zero-order chi connectivity index (χ0) is 11.1. The molecule has 0 amide bonds. The first-order chi connectivity index (χ1) is 7.22. The van der Waals surface area contributed by atoms with E-state index in [0.29, 0.717) is 6.04 Å². The van der Waals surface area contributed by atoms with Crippen molar-refractivity contribution in [2.75, 3.05) is 13.1 Å². The summed E-state index contributed by atoms with van der Waals surface area (Å²) < 4.78 is 5.11. The van der Waals surface area contributed by atoms with Crippen LogP contribution in [-0.2, 0) is 6.54 Å². The highest BCUT2D eigenvalue weighted by Crippen LogP contribution is 2.01. The monoisotopic (exact) mass is 211 g/mol. The van der Waals surface area contributed by atoms with Crippen molar-refractivity contribution in [3.8, 4) is 0 Å². The molecule has 86 valence electrons. The molecule has 0 aliphatic rings. The summed E-state index contributed by atoms with van der Waals surface area (Å²) in [5.41, 5.74) is 0.934. The quantitative estimate of drug-likeness (QED) is 0.670. The molecule has 1 unspecified atom stereocenters. The average Bonchev–Trinajstić information content (AvgIpc) is 2.62. The molecule has 15 heavy (non-hydrogen) atoms. The molecule has 4 heteroatoms.